The normalized spacial score (nSPS) is 14.0. The Morgan fingerprint density at radius 2 is 2.00 bits per heavy atom. The zero-order valence-electron chi connectivity index (χ0n) is 13.6. The van der Waals surface area contributed by atoms with Crippen LogP contribution in [0.4, 0.5) is 0 Å². The number of hydrogen-bond acceptors (Lipinski definition) is 4. The zero-order chi connectivity index (χ0) is 16.4. The Morgan fingerprint density at radius 3 is 2.59 bits per heavy atom. The van der Waals surface area contributed by atoms with E-state index in [2.05, 4.69) is 36.4 Å². The summed E-state index contributed by atoms with van der Waals surface area (Å²) in [6.45, 7) is 6.12. The molecule has 0 fully saturated rings. The second-order valence-electron chi connectivity index (χ2n) is 5.40. The molecular formula is C18H26O3S. The minimum Gasteiger partial charge on any atom is -0.465 e. The van der Waals surface area contributed by atoms with Crippen molar-refractivity contribution in [3.8, 4) is 0 Å². The number of aliphatic hydroxyl groups excluding tert-OH is 1. The maximum absolute atomic E-state index is 11.2. The van der Waals surface area contributed by atoms with Gasteiger partial charge >= 0.3 is 5.97 Å². The largest absolute Gasteiger partial charge is 0.465 e. The van der Waals surface area contributed by atoms with E-state index in [1.165, 1.54) is 5.56 Å². The number of benzene rings is 1. The number of ether oxygens (including phenoxy) is 1. The number of hydrogen-bond donors (Lipinski definition) is 1. The van der Waals surface area contributed by atoms with Crippen molar-refractivity contribution in [3.05, 3.63) is 41.5 Å². The van der Waals surface area contributed by atoms with Gasteiger partial charge in [-0.2, -0.15) is 0 Å². The average molecular weight is 322 g/mol. The molecule has 0 aliphatic rings. The number of rotatable bonds is 9. The third-order valence-corrected chi connectivity index (χ3v) is 4.39. The maximum atomic E-state index is 11.2. The number of allylic oxidation sites excluding steroid dienone is 1. The summed E-state index contributed by atoms with van der Waals surface area (Å²) in [6.07, 6.45) is 4.77. The van der Waals surface area contributed by atoms with Gasteiger partial charge in [-0.1, -0.05) is 43.3 Å². The molecule has 22 heavy (non-hydrogen) atoms. The predicted octanol–water partition coefficient (Wildman–Crippen LogP) is 3.90. The van der Waals surface area contributed by atoms with Crippen molar-refractivity contribution in [2.24, 2.45) is 5.92 Å². The van der Waals surface area contributed by atoms with Gasteiger partial charge < -0.3 is 9.84 Å². The second kappa shape index (κ2) is 10.5. The van der Waals surface area contributed by atoms with Crippen LogP contribution >= 0.6 is 11.8 Å². The van der Waals surface area contributed by atoms with E-state index in [0.29, 0.717) is 12.4 Å². The van der Waals surface area contributed by atoms with Gasteiger partial charge in [-0.3, -0.25) is 4.79 Å². The summed E-state index contributed by atoms with van der Waals surface area (Å²) in [4.78, 5) is 11.2. The summed E-state index contributed by atoms with van der Waals surface area (Å²) < 4.78 is 4.89. The minimum atomic E-state index is -0.275. The molecule has 122 valence electrons. The van der Waals surface area contributed by atoms with Gasteiger partial charge in [0.15, 0.2) is 0 Å². The SMILES string of the molecule is CCOC(=O)CSCc1ccc(/C=C/C[C@@H](C)[C@H](C)O)cc1. The molecule has 0 saturated heterocycles. The van der Waals surface area contributed by atoms with E-state index >= 15 is 0 Å². The van der Waals surface area contributed by atoms with Gasteiger partial charge in [0.2, 0.25) is 0 Å². The fourth-order valence-corrected chi connectivity index (χ4v) is 2.58. The highest BCUT2D eigenvalue weighted by molar-refractivity contribution is 7.99. The van der Waals surface area contributed by atoms with Crippen molar-refractivity contribution in [2.75, 3.05) is 12.4 Å². The number of carbonyl (C=O) groups excluding carboxylic acids is 1. The zero-order valence-corrected chi connectivity index (χ0v) is 14.4. The van der Waals surface area contributed by atoms with Gasteiger partial charge in [-0.15, -0.1) is 11.8 Å². The molecule has 0 bridgehead atoms. The van der Waals surface area contributed by atoms with Crippen LogP contribution in [0, 0.1) is 5.92 Å². The fourth-order valence-electron chi connectivity index (χ4n) is 1.80. The smallest absolute Gasteiger partial charge is 0.315 e. The van der Waals surface area contributed by atoms with Crippen molar-refractivity contribution >= 4 is 23.8 Å². The van der Waals surface area contributed by atoms with E-state index in [4.69, 9.17) is 4.74 Å². The Bertz CT molecular complexity index is 466. The Kier molecular flexibility index (Phi) is 8.94. The molecule has 0 radical (unpaired) electrons. The maximum Gasteiger partial charge on any atom is 0.315 e. The van der Waals surface area contributed by atoms with Crippen LogP contribution in [0.1, 0.15) is 38.3 Å². The predicted molar refractivity (Wildman–Crippen MR) is 93.7 cm³/mol. The van der Waals surface area contributed by atoms with Gasteiger partial charge in [0.05, 0.1) is 18.5 Å². The van der Waals surface area contributed by atoms with Crippen LogP contribution < -0.4 is 0 Å². The van der Waals surface area contributed by atoms with E-state index in [-0.39, 0.29) is 18.0 Å². The first kappa shape index (κ1) is 18.8. The van der Waals surface area contributed by atoms with Crippen LogP contribution in [0.5, 0.6) is 0 Å². The minimum absolute atomic E-state index is 0.153. The molecule has 4 heteroatoms. The van der Waals surface area contributed by atoms with Crippen LogP contribution in [-0.2, 0) is 15.3 Å². The third-order valence-electron chi connectivity index (χ3n) is 3.42. The molecule has 1 aromatic carbocycles. The highest BCUT2D eigenvalue weighted by Crippen LogP contribution is 2.15. The van der Waals surface area contributed by atoms with E-state index in [0.717, 1.165) is 17.7 Å². The van der Waals surface area contributed by atoms with Crippen LogP contribution in [0.25, 0.3) is 6.08 Å². The third kappa shape index (κ3) is 7.66. The first-order valence-corrected chi connectivity index (χ1v) is 8.85. The highest BCUT2D eigenvalue weighted by atomic mass is 32.2. The van der Waals surface area contributed by atoms with Crippen molar-refractivity contribution in [2.45, 2.75) is 39.0 Å². The van der Waals surface area contributed by atoms with Crippen LogP contribution in [0.2, 0.25) is 0 Å². The Balaban J connectivity index is 2.36. The van der Waals surface area contributed by atoms with Crippen molar-refractivity contribution in [1.29, 1.82) is 0 Å². The molecule has 0 amide bonds. The first-order chi connectivity index (χ1) is 10.5. The highest BCUT2D eigenvalue weighted by Gasteiger charge is 2.05. The Morgan fingerprint density at radius 1 is 1.32 bits per heavy atom. The molecule has 1 rings (SSSR count). The molecular weight excluding hydrogens is 296 g/mol. The van der Waals surface area contributed by atoms with Crippen molar-refractivity contribution in [3.63, 3.8) is 0 Å². The summed E-state index contributed by atoms with van der Waals surface area (Å²) in [7, 11) is 0. The van der Waals surface area contributed by atoms with E-state index < -0.39 is 0 Å². The van der Waals surface area contributed by atoms with Crippen molar-refractivity contribution < 1.29 is 14.6 Å². The lowest BCUT2D eigenvalue weighted by molar-refractivity contribution is -0.139. The number of carbonyl (C=O) groups is 1. The van der Waals surface area contributed by atoms with Gasteiger partial charge in [0.1, 0.15) is 0 Å². The first-order valence-electron chi connectivity index (χ1n) is 7.69. The van der Waals surface area contributed by atoms with Gasteiger partial charge in [0, 0.05) is 5.75 Å². The molecule has 0 heterocycles. The lowest BCUT2D eigenvalue weighted by Gasteiger charge is -2.11. The molecule has 0 spiro atoms. The summed E-state index contributed by atoms with van der Waals surface area (Å²) in [5, 5.41) is 9.44. The Hall–Kier alpha value is -1.26. The van der Waals surface area contributed by atoms with E-state index in [1.807, 2.05) is 20.8 Å². The number of esters is 1. The topological polar surface area (TPSA) is 46.5 Å². The summed E-state index contributed by atoms with van der Waals surface area (Å²) in [5.74, 6) is 1.32. The Labute approximate surface area is 137 Å². The van der Waals surface area contributed by atoms with Gasteiger partial charge in [0.25, 0.3) is 0 Å². The number of thioether (sulfide) groups is 1. The molecule has 3 nitrogen and oxygen atoms in total. The van der Waals surface area contributed by atoms with Gasteiger partial charge in [-0.05, 0) is 37.3 Å². The quantitative estimate of drug-likeness (QED) is 0.700. The van der Waals surface area contributed by atoms with E-state index in [1.54, 1.807) is 11.8 Å². The average Bonchev–Trinajstić information content (AvgIpc) is 2.49. The lowest BCUT2D eigenvalue weighted by Crippen LogP contribution is -2.11. The monoisotopic (exact) mass is 322 g/mol. The molecule has 1 aromatic rings. The molecule has 2 atom stereocenters. The molecule has 0 unspecified atom stereocenters. The van der Waals surface area contributed by atoms with Crippen LogP contribution in [-0.4, -0.2) is 29.5 Å². The standard InChI is InChI=1S/C18H26O3S/c1-4-21-18(20)13-22-12-17-10-8-16(9-11-17)7-5-6-14(2)15(3)19/h5,7-11,14-15,19H,4,6,12-13H2,1-3H3/b7-5+/t14-,15+/m1/s1. The molecule has 0 aliphatic carbocycles. The van der Waals surface area contributed by atoms with E-state index in [9.17, 15) is 9.90 Å². The molecule has 1 N–H and O–H groups in total. The lowest BCUT2D eigenvalue weighted by atomic mass is 10.0. The molecule has 0 aromatic heterocycles. The van der Waals surface area contributed by atoms with Crippen LogP contribution in [0.3, 0.4) is 0 Å². The molecule has 0 saturated carbocycles. The van der Waals surface area contributed by atoms with Crippen LogP contribution in [0.15, 0.2) is 30.3 Å². The van der Waals surface area contributed by atoms with Crippen molar-refractivity contribution in [1.82, 2.24) is 0 Å². The fraction of sp³-hybridized carbons (Fsp3) is 0.500. The second-order valence-corrected chi connectivity index (χ2v) is 6.38. The van der Waals surface area contributed by atoms with Gasteiger partial charge in [-0.25, -0.2) is 0 Å². The molecule has 0 aliphatic heterocycles. The summed E-state index contributed by atoms with van der Waals surface area (Å²) in [5.41, 5.74) is 2.35. The number of aliphatic hydroxyl groups is 1. The summed E-state index contributed by atoms with van der Waals surface area (Å²) >= 11 is 1.56. The summed E-state index contributed by atoms with van der Waals surface area (Å²) in [6, 6.07) is 8.31.